The van der Waals surface area contributed by atoms with Gasteiger partial charge in [-0.05, 0) is 55.5 Å². The second-order valence-corrected chi connectivity index (χ2v) is 11.0. The quantitative estimate of drug-likeness (QED) is 0.559. The molecule has 1 spiro atoms. The molecule has 198 valence electrons. The Hall–Kier alpha value is -3.45. The maximum Gasteiger partial charge on any atom is 0.573 e. The van der Waals surface area contributed by atoms with Crippen LogP contribution in [0, 0.1) is 6.92 Å². The molecule has 0 radical (unpaired) electrons. The topological polar surface area (TPSA) is 131 Å². The Kier molecular flexibility index (Phi) is 7.04. The molecule has 2 aliphatic rings. The van der Waals surface area contributed by atoms with Crippen molar-refractivity contribution in [1.82, 2.24) is 9.62 Å². The van der Waals surface area contributed by atoms with Crippen LogP contribution < -0.4 is 15.8 Å². The van der Waals surface area contributed by atoms with Crippen molar-refractivity contribution in [3.8, 4) is 5.75 Å². The Morgan fingerprint density at radius 3 is 2.51 bits per heavy atom. The molecule has 1 fully saturated rings. The highest BCUT2D eigenvalue weighted by Crippen LogP contribution is 2.33. The third-order valence-corrected chi connectivity index (χ3v) is 8.48. The van der Waals surface area contributed by atoms with Gasteiger partial charge in [0.1, 0.15) is 17.1 Å². The molecule has 9 nitrogen and oxygen atoms in total. The van der Waals surface area contributed by atoms with Crippen molar-refractivity contribution in [1.29, 1.82) is 0 Å². The number of alkyl halides is 3. The summed E-state index contributed by atoms with van der Waals surface area (Å²) in [5.41, 5.74) is 6.09. The average molecular weight is 539 g/mol. The smallest absolute Gasteiger partial charge is 0.406 e. The van der Waals surface area contributed by atoms with E-state index in [-0.39, 0.29) is 49.5 Å². The molecular formula is C24H25F3N4O5S. The van der Waals surface area contributed by atoms with Gasteiger partial charge >= 0.3 is 6.36 Å². The Bertz CT molecular complexity index is 1370. The first-order valence-electron chi connectivity index (χ1n) is 11.4. The lowest BCUT2D eigenvalue weighted by Gasteiger charge is -2.34. The molecule has 3 N–H and O–H groups in total. The molecule has 0 atom stereocenters. The van der Waals surface area contributed by atoms with E-state index in [1.165, 1.54) is 16.4 Å². The van der Waals surface area contributed by atoms with Crippen LogP contribution in [0.4, 0.5) is 13.2 Å². The van der Waals surface area contributed by atoms with E-state index in [1.807, 2.05) is 0 Å². The van der Waals surface area contributed by atoms with E-state index in [4.69, 9.17) is 5.73 Å². The van der Waals surface area contributed by atoms with Gasteiger partial charge in [-0.1, -0.05) is 24.3 Å². The lowest BCUT2D eigenvalue weighted by atomic mass is 9.89. The van der Waals surface area contributed by atoms with Crippen LogP contribution in [0.25, 0.3) is 0 Å². The predicted molar refractivity (Wildman–Crippen MR) is 129 cm³/mol. The van der Waals surface area contributed by atoms with Crippen LogP contribution in [-0.4, -0.2) is 61.1 Å². The van der Waals surface area contributed by atoms with E-state index >= 15 is 0 Å². The van der Waals surface area contributed by atoms with Crippen molar-refractivity contribution >= 4 is 27.7 Å². The number of ether oxygens (including phenoxy) is 1. The first-order valence-corrected chi connectivity index (χ1v) is 13.0. The molecule has 0 unspecified atom stereocenters. The van der Waals surface area contributed by atoms with E-state index < -0.39 is 39.5 Å². The molecule has 0 saturated carbocycles. The number of nitrogens with two attached hydrogens (primary N) is 1. The minimum atomic E-state index is -4.86. The Morgan fingerprint density at radius 1 is 1.19 bits per heavy atom. The standard InChI is InChI=1S/C24H25F3N4O5S/c1-15-16(4-3-7-19(15)20(28)32)8-13-37(34,35)31-11-9-23(10-12-31)22(33)29-21(30-23)17-5-2-6-18(14-17)36-24(25,26)27/h2-7,14H,8-13H2,1H3,(H2,28,32)(H,29,30,33). The molecule has 2 aromatic rings. The van der Waals surface area contributed by atoms with Crippen molar-refractivity contribution in [2.24, 2.45) is 10.7 Å². The second-order valence-electron chi connectivity index (χ2n) is 8.94. The summed E-state index contributed by atoms with van der Waals surface area (Å²) >= 11 is 0. The number of halogens is 3. The van der Waals surface area contributed by atoms with Gasteiger partial charge in [0.25, 0.3) is 5.91 Å². The zero-order valence-corrected chi connectivity index (χ0v) is 20.7. The van der Waals surface area contributed by atoms with Gasteiger partial charge in [0.05, 0.1) is 5.75 Å². The summed E-state index contributed by atoms with van der Waals surface area (Å²) in [6, 6.07) is 10.1. The number of amides is 2. The van der Waals surface area contributed by atoms with Crippen molar-refractivity contribution in [3.63, 3.8) is 0 Å². The molecule has 2 amide bonds. The molecular weight excluding hydrogens is 513 g/mol. The summed E-state index contributed by atoms with van der Waals surface area (Å²) in [5, 5.41) is 2.61. The SMILES string of the molecule is Cc1c(CCS(=O)(=O)N2CCC3(CC2)N=C(c2cccc(OC(F)(F)F)c2)NC3=O)cccc1C(N)=O. The van der Waals surface area contributed by atoms with Crippen LogP contribution in [0.2, 0.25) is 0 Å². The van der Waals surface area contributed by atoms with Gasteiger partial charge in [-0.2, -0.15) is 0 Å². The number of aryl methyl sites for hydroxylation is 1. The minimum Gasteiger partial charge on any atom is -0.406 e. The van der Waals surface area contributed by atoms with E-state index in [0.717, 1.165) is 12.1 Å². The number of hydrogen-bond donors (Lipinski definition) is 2. The van der Waals surface area contributed by atoms with E-state index in [9.17, 15) is 31.2 Å². The number of amidine groups is 1. The maximum atomic E-state index is 13.0. The number of primary amides is 1. The van der Waals surface area contributed by atoms with Gasteiger partial charge in [0.15, 0.2) is 0 Å². The fourth-order valence-corrected chi connectivity index (χ4v) is 6.03. The van der Waals surface area contributed by atoms with E-state index in [1.54, 1.807) is 25.1 Å². The van der Waals surface area contributed by atoms with Crippen LogP contribution in [0.3, 0.4) is 0 Å². The van der Waals surface area contributed by atoms with E-state index in [0.29, 0.717) is 16.7 Å². The zero-order valence-electron chi connectivity index (χ0n) is 19.8. The number of benzene rings is 2. The van der Waals surface area contributed by atoms with Gasteiger partial charge < -0.3 is 15.8 Å². The summed E-state index contributed by atoms with van der Waals surface area (Å²) < 4.78 is 68.9. The number of hydrogen-bond acceptors (Lipinski definition) is 6. The van der Waals surface area contributed by atoms with Crippen LogP contribution in [0.1, 0.15) is 39.9 Å². The average Bonchev–Trinajstić information content (AvgIpc) is 3.13. The molecule has 2 heterocycles. The van der Waals surface area contributed by atoms with Crippen molar-refractivity contribution < 1.29 is 35.9 Å². The first kappa shape index (κ1) is 26.6. The summed E-state index contributed by atoms with van der Waals surface area (Å²) in [6.45, 7) is 1.83. The number of piperidine rings is 1. The highest BCUT2D eigenvalue weighted by atomic mass is 32.2. The third kappa shape index (κ3) is 5.77. The molecule has 2 aliphatic heterocycles. The summed E-state index contributed by atoms with van der Waals surface area (Å²) in [7, 11) is -3.67. The highest BCUT2D eigenvalue weighted by Gasteiger charge is 2.47. The molecule has 1 saturated heterocycles. The van der Waals surface area contributed by atoms with Crippen LogP contribution in [0.15, 0.2) is 47.5 Å². The van der Waals surface area contributed by atoms with Crippen LogP contribution in [-0.2, 0) is 21.2 Å². The Labute approximate surface area is 211 Å². The number of carbonyl (C=O) groups is 2. The van der Waals surface area contributed by atoms with E-state index in [2.05, 4.69) is 15.0 Å². The molecule has 4 rings (SSSR count). The molecule has 13 heteroatoms. The van der Waals surface area contributed by atoms with Crippen molar-refractivity contribution in [3.05, 3.63) is 64.7 Å². The Balaban J connectivity index is 1.43. The third-order valence-electron chi connectivity index (χ3n) is 6.61. The van der Waals surface area contributed by atoms with Gasteiger partial charge in [-0.25, -0.2) is 12.7 Å². The number of sulfonamides is 1. The summed E-state index contributed by atoms with van der Waals surface area (Å²) in [5.74, 6) is -1.53. The van der Waals surface area contributed by atoms with Crippen LogP contribution >= 0.6 is 0 Å². The summed E-state index contributed by atoms with van der Waals surface area (Å²) in [6.07, 6.45) is -4.43. The zero-order chi connectivity index (χ0) is 27.0. The number of rotatable bonds is 7. The van der Waals surface area contributed by atoms with Gasteiger partial charge in [-0.3, -0.25) is 14.6 Å². The van der Waals surface area contributed by atoms with Gasteiger partial charge in [0, 0.05) is 24.2 Å². The van der Waals surface area contributed by atoms with Crippen LogP contribution in [0.5, 0.6) is 5.75 Å². The second kappa shape index (κ2) is 9.78. The molecule has 0 aliphatic carbocycles. The fraction of sp³-hybridized carbons (Fsp3) is 0.375. The number of carbonyl (C=O) groups excluding carboxylic acids is 2. The monoisotopic (exact) mass is 538 g/mol. The van der Waals surface area contributed by atoms with Crippen molar-refractivity contribution in [2.75, 3.05) is 18.8 Å². The molecule has 0 bridgehead atoms. The normalized spacial score (nSPS) is 17.9. The lowest BCUT2D eigenvalue weighted by molar-refractivity contribution is -0.274. The number of aliphatic imine (C=N–C) groups is 1. The molecule has 2 aromatic carbocycles. The van der Waals surface area contributed by atoms with Crippen molar-refractivity contribution in [2.45, 2.75) is 38.1 Å². The number of nitrogens with zero attached hydrogens (tertiary/aromatic N) is 2. The van der Waals surface area contributed by atoms with Gasteiger partial charge in [0.2, 0.25) is 15.9 Å². The first-order chi connectivity index (χ1) is 17.3. The lowest BCUT2D eigenvalue weighted by Crippen LogP contribution is -2.50. The molecule has 0 aromatic heterocycles. The predicted octanol–water partition coefficient (Wildman–Crippen LogP) is 2.28. The largest absolute Gasteiger partial charge is 0.573 e. The highest BCUT2D eigenvalue weighted by molar-refractivity contribution is 7.89. The summed E-state index contributed by atoms with van der Waals surface area (Å²) in [4.78, 5) is 28.8. The Morgan fingerprint density at radius 2 is 1.86 bits per heavy atom. The fourth-order valence-electron chi connectivity index (χ4n) is 4.56. The molecule has 37 heavy (non-hydrogen) atoms. The maximum absolute atomic E-state index is 13.0. The number of nitrogens with one attached hydrogen (secondary N) is 1. The van der Waals surface area contributed by atoms with Gasteiger partial charge in [-0.15, -0.1) is 13.2 Å². The minimum absolute atomic E-state index is 0.0596.